The van der Waals surface area contributed by atoms with Crippen molar-refractivity contribution in [3.8, 4) is 0 Å². The lowest BCUT2D eigenvalue weighted by Gasteiger charge is -2.29. The van der Waals surface area contributed by atoms with Gasteiger partial charge in [0.15, 0.2) is 0 Å². The number of benzene rings is 2. The molecule has 0 saturated heterocycles. The van der Waals surface area contributed by atoms with Gasteiger partial charge in [0.05, 0.1) is 25.6 Å². The maximum absolute atomic E-state index is 10.5. The Hall–Kier alpha value is -2.33. The number of rotatable bonds is 11. The summed E-state index contributed by atoms with van der Waals surface area (Å²) in [5.41, 5.74) is 1.02. The minimum absolute atomic E-state index is 0.380. The van der Waals surface area contributed by atoms with Gasteiger partial charge < -0.3 is 9.22 Å². The fraction of sp³-hybridized carbons (Fsp3) is 0.478. The quantitative estimate of drug-likeness (QED) is 0.171. The number of nitro benzene ring substituents is 1. The van der Waals surface area contributed by atoms with Gasteiger partial charge in [-0.2, -0.15) is 8.42 Å². The van der Waals surface area contributed by atoms with Gasteiger partial charge in [-0.3, -0.25) is 14.7 Å². The van der Waals surface area contributed by atoms with E-state index in [1.165, 1.54) is 24.5 Å². The highest BCUT2D eigenvalue weighted by Gasteiger charge is 2.15. The van der Waals surface area contributed by atoms with Crippen LogP contribution in [0.4, 0.5) is 5.69 Å². The summed E-state index contributed by atoms with van der Waals surface area (Å²) < 4.78 is 36.3. The predicted octanol–water partition coefficient (Wildman–Crippen LogP) is 4.56. The smallest absolute Gasteiger partial charge is 0.294 e. The number of likely N-dealkylation sites (N-methyl/N-ethyl adjacent to an activating group) is 1. The molecule has 2 aromatic rings. The van der Waals surface area contributed by atoms with Crippen molar-refractivity contribution >= 4 is 15.8 Å². The molecule has 0 radical (unpaired) electrons. The molecule has 1 N–H and O–H groups in total. The van der Waals surface area contributed by atoms with Crippen LogP contribution in [0.3, 0.4) is 0 Å². The average molecular weight is 468 g/mol. The first-order chi connectivity index (χ1) is 14.9. The minimum Gasteiger partial charge on any atom is -0.376 e. The molecule has 0 aromatic heterocycles. The third kappa shape index (κ3) is 11.9. The molecular formula is C23H35N2O6S+. The molecule has 0 aliphatic rings. The van der Waals surface area contributed by atoms with Crippen LogP contribution in [0.25, 0.3) is 0 Å². The summed E-state index contributed by atoms with van der Waals surface area (Å²) in [6.45, 7) is 8.42. The van der Waals surface area contributed by atoms with Crippen molar-refractivity contribution in [3.63, 3.8) is 0 Å². The summed E-state index contributed by atoms with van der Waals surface area (Å²) in [4.78, 5) is 8.98. The standard InChI is InChI=1S/C17H30NO.C6H5NO5S/c1-16(2)9-8-13-19-14-12-18(3,4)15-17-10-6-5-7-11-17;8-7(9)5-2-1-3-6(4-5)13(10,11)12/h5-7,10-11,16H,8-9,12-15H2,1-4H3;1-4H,(H,10,11,12)/q+1;. The van der Waals surface area contributed by atoms with E-state index in [4.69, 9.17) is 9.29 Å². The Balaban J connectivity index is 0.000000343. The van der Waals surface area contributed by atoms with Gasteiger partial charge in [-0.05, 0) is 24.8 Å². The molecule has 8 nitrogen and oxygen atoms in total. The second-order valence-electron chi connectivity index (χ2n) is 8.68. The lowest BCUT2D eigenvalue weighted by Crippen LogP contribution is -2.41. The van der Waals surface area contributed by atoms with Crippen LogP contribution in [-0.2, 0) is 21.4 Å². The van der Waals surface area contributed by atoms with E-state index in [1.54, 1.807) is 0 Å². The zero-order chi connectivity index (χ0) is 24.2. The van der Waals surface area contributed by atoms with Crippen molar-refractivity contribution in [3.05, 3.63) is 70.3 Å². The van der Waals surface area contributed by atoms with Gasteiger partial charge in [0, 0.05) is 24.3 Å². The van der Waals surface area contributed by atoms with E-state index < -0.39 is 19.9 Å². The van der Waals surface area contributed by atoms with Gasteiger partial charge >= 0.3 is 0 Å². The monoisotopic (exact) mass is 467 g/mol. The number of hydrogen-bond acceptors (Lipinski definition) is 5. The predicted molar refractivity (Wildman–Crippen MR) is 125 cm³/mol. The number of ether oxygens (including phenoxy) is 1. The Kier molecular flexibility index (Phi) is 11.5. The number of quaternary nitrogens is 1. The molecule has 0 heterocycles. The molecule has 0 aliphatic heterocycles. The van der Waals surface area contributed by atoms with Crippen LogP contribution in [0.5, 0.6) is 0 Å². The summed E-state index contributed by atoms with van der Waals surface area (Å²) in [5, 5.41) is 10.2. The molecule has 0 aliphatic carbocycles. The first-order valence-corrected chi connectivity index (χ1v) is 12.0. The lowest BCUT2D eigenvalue weighted by atomic mass is 10.1. The minimum atomic E-state index is -4.36. The highest BCUT2D eigenvalue weighted by molar-refractivity contribution is 7.85. The molecule has 0 atom stereocenters. The Labute approximate surface area is 191 Å². The second-order valence-corrected chi connectivity index (χ2v) is 10.1. The van der Waals surface area contributed by atoms with Crippen LogP contribution in [-0.4, -0.2) is 56.2 Å². The average Bonchev–Trinajstić information content (AvgIpc) is 2.71. The van der Waals surface area contributed by atoms with Crippen molar-refractivity contribution in [2.75, 3.05) is 33.9 Å². The van der Waals surface area contributed by atoms with Crippen LogP contribution in [0.1, 0.15) is 32.3 Å². The summed E-state index contributed by atoms with van der Waals surface area (Å²) in [6.07, 6.45) is 2.45. The summed E-state index contributed by atoms with van der Waals surface area (Å²) in [5.74, 6) is 0.786. The Morgan fingerprint density at radius 1 is 1.06 bits per heavy atom. The number of non-ortho nitro benzene ring substituents is 1. The molecule has 2 aromatic carbocycles. The zero-order valence-electron chi connectivity index (χ0n) is 19.3. The first kappa shape index (κ1) is 27.7. The Bertz CT molecular complexity index is 931. The maximum atomic E-state index is 10.5. The third-order valence-corrected chi connectivity index (χ3v) is 5.54. The molecule has 0 unspecified atom stereocenters. The number of nitro groups is 1. The summed E-state index contributed by atoms with van der Waals surface area (Å²) in [7, 11) is 0.173. The molecule has 178 valence electrons. The molecule has 0 spiro atoms. The molecule has 9 heteroatoms. The van der Waals surface area contributed by atoms with E-state index in [0.29, 0.717) is 0 Å². The van der Waals surface area contributed by atoms with Crippen molar-refractivity contribution in [1.82, 2.24) is 0 Å². The van der Waals surface area contributed by atoms with Gasteiger partial charge in [-0.15, -0.1) is 0 Å². The van der Waals surface area contributed by atoms with Crippen molar-refractivity contribution in [1.29, 1.82) is 0 Å². The van der Waals surface area contributed by atoms with Gasteiger partial charge in [0.25, 0.3) is 15.8 Å². The van der Waals surface area contributed by atoms with Gasteiger partial charge in [0.2, 0.25) is 0 Å². The lowest BCUT2D eigenvalue weighted by molar-refractivity contribution is -0.904. The van der Waals surface area contributed by atoms with Crippen LogP contribution in [0.15, 0.2) is 59.5 Å². The molecule has 0 amide bonds. The van der Waals surface area contributed by atoms with Crippen LogP contribution in [0.2, 0.25) is 0 Å². The zero-order valence-corrected chi connectivity index (χ0v) is 20.1. The van der Waals surface area contributed by atoms with E-state index in [2.05, 4.69) is 58.3 Å². The van der Waals surface area contributed by atoms with Gasteiger partial charge in [-0.1, -0.05) is 50.2 Å². The maximum Gasteiger partial charge on any atom is 0.294 e. The van der Waals surface area contributed by atoms with E-state index in [1.807, 2.05) is 0 Å². The van der Waals surface area contributed by atoms with Crippen molar-refractivity contribution in [2.24, 2.45) is 5.92 Å². The normalized spacial score (nSPS) is 11.7. The SMILES string of the molecule is CC(C)CCCOCC[N+](C)(C)Cc1ccccc1.O=[N+]([O-])c1cccc(S(=O)(=O)O)c1. The molecular weight excluding hydrogens is 432 g/mol. The van der Waals surface area contributed by atoms with E-state index in [0.717, 1.165) is 54.9 Å². The van der Waals surface area contributed by atoms with E-state index >= 15 is 0 Å². The number of nitrogens with zero attached hydrogens (tertiary/aromatic N) is 2. The summed E-state index contributed by atoms with van der Waals surface area (Å²) in [6, 6.07) is 14.9. The number of hydrogen-bond donors (Lipinski definition) is 1. The summed E-state index contributed by atoms with van der Waals surface area (Å²) >= 11 is 0. The fourth-order valence-corrected chi connectivity index (χ4v) is 3.44. The third-order valence-electron chi connectivity index (χ3n) is 4.69. The van der Waals surface area contributed by atoms with Gasteiger partial charge in [0.1, 0.15) is 18.0 Å². The van der Waals surface area contributed by atoms with Gasteiger partial charge in [-0.25, -0.2) is 0 Å². The highest BCUT2D eigenvalue weighted by atomic mass is 32.2. The van der Waals surface area contributed by atoms with Crippen LogP contribution in [0, 0.1) is 16.0 Å². The van der Waals surface area contributed by atoms with Crippen molar-refractivity contribution in [2.45, 2.75) is 38.1 Å². The van der Waals surface area contributed by atoms with Crippen LogP contribution >= 0.6 is 0 Å². The molecule has 0 saturated carbocycles. The molecule has 0 fully saturated rings. The fourth-order valence-electron chi connectivity index (χ4n) is 2.92. The second kappa shape index (κ2) is 13.3. The van der Waals surface area contributed by atoms with E-state index in [-0.39, 0.29) is 5.69 Å². The van der Waals surface area contributed by atoms with E-state index in [9.17, 15) is 18.5 Å². The van der Waals surface area contributed by atoms with Crippen LogP contribution < -0.4 is 0 Å². The van der Waals surface area contributed by atoms with Crippen molar-refractivity contribution < 1.29 is 27.1 Å². The highest BCUT2D eigenvalue weighted by Crippen LogP contribution is 2.16. The topological polar surface area (TPSA) is 107 Å². The Morgan fingerprint density at radius 3 is 2.28 bits per heavy atom. The largest absolute Gasteiger partial charge is 0.376 e. The molecule has 32 heavy (non-hydrogen) atoms. The molecule has 0 bridgehead atoms. The Morgan fingerprint density at radius 2 is 1.72 bits per heavy atom. The first-order valence-electron chi connectivity index (χ1n) is 10.6. The molecule has 2 rings (SSSR count).